The quantitative estimate of drug-likeness (QED) is 0.940. The number of aromatic nitrogens is 1. The molecule has 0 spiro atoms. The number of carbonyl (C=O) groups is 1. The Kier molecular flexibility index (Phi) is 3.94. The Morgan fingerprint density at radius 1 is 1.50 bits per heavy atom. The summed E-state index contributed by atoms with van der Waals surface area (Å²) >= 11 is 1.41. The second-order valence-electron chi connectivity index (χ2n) is 4.42. The van der Waals surface area contributed by atoms with Crippen LogP contribution in [0.3, 0.4) is 0 Å². The predicted octanol–water partition coefficient (Wildman–Crippen LogP) is 2.56. The van der Waals surface area contributed by atoms with E-state index in [4.69, 9.17) is 9.47 Å². The molecule has 2 aromatic rings. The van der Waals surface area contributed by atoms with Crippen LogP contribution in [-0.2, 0) is 4.74 Å². The van der Waals surface area contributed by atoms with E-state index >= 15 is 0 Å². The molecule has 0 radical (unpaired) electrons. The Balaban J connectivity index is 1.66. The van der Waals surface area contributed by atoms with Crippen LogP contribution in [0.25, 0.3) is 0 Å². The van der Waals surface area contributed by atoms with Crippen molar-refractivity contribution in [1.82, 2.24) is 4.98 Å². The number of hydrogen-bond donors (Lipinski definition) is 1. The molecule has 1 aliphatic heterocycles. The lowest BCUT2D eigenvalue weighted by molar-refractivity contribution is 0.103. The highest BCUT2D eigenvalue weighted by Gasteiger charge is 2.18. The van der Waals surface area contributed by atoms with Gasteiger partial charge in [-0.05, 0) is 17.5 Å². The summed E-state index contributed by atoms with van der Waals surface area (Å²) in [6, 6.07) is 7.10. The summed E-state index contributed by atoms with van der Waals surface area (Å²) in [5.41, 5.74) is 0.673. The van der Waals surface area contributed by atoms with Crippen molar-refractivity contribution >= 4 is 22.9 Å². The van der Waals surface area contributed by atoms with Gasteiger partial charge in [-0.25, -0.2) is 4.98 Å². The summed E-state index contributed by atoms with van der Waals surface area (Å²) in [6.07, 6.45) is 2.54. The fraction of sp³-hybridized carbons (Fsp3) is 0.286. The number of pyridine rings is 1. The van der Waals surface area contributed by atoms with Gasteiger partial charge >= 0.3 is 0 Å². The van der Waals surface area contributed by atoms with Crippen molar-refractivity contribution in [3.05, 3.63) is 40.7 Å². The number of ether oxygens (including phenoxy) is 2. The van der Waals surface area contributed by atoms with E-state index in [1.54, 1.807) is 24.4 Å². The number of nitrogens with zero attached hydrogens (tertiary/aromatic N) is 1. The smallest absolute Gasteiger partial charge is 0.265 e. The van der Waals surface area contributed by atoms with Crippen LogP contribution in [0.15, 0.2) is 35.8 Å². The van der Waals surface area contributed by atoms with Gasteiger partial charge in [0.25, 0.3) is 5.91 Å². The van der Waals surface area contributed by atoms with E-state index < -0.39 is 0 Å². The molecular weight excluding hydrogens is 276 g/mol. The minimum atomic E-state index is -0.124. The van der Waals surface area contributed by atoms with Gasteiger partial charge in [0.05, 0.1) is 18.1 Å². The Morgan fingerprint density at radius 3 is 3.20 bits per heavy atom. The average Bonchev–Trinajstić information content (AvgIpc) is 3.12. The van der Waals surface area contributed by atoms with Crippen LogP contribution in [0.2, 0.25) is 0 Å². The molecule has 1 fully saturated rings. The third kappa shape index (κ3) is 3.15. The van der Waals surface area contributed by atoms with Gasteiger partial charge in [-0.3, -0.25) is 4.79 Å². The molecule has 104 valence electrons. The van der Waals surface area contributed by atoms with Crippen LogP contribution in [0, 0.1) is 0 Å². The summed E-state index contributed by atoms with van der Waals surface area (Å²) in [7, 11) is 0. The highest BCUT2D eigenvalue weighted by Crippen LogP contribution is 2.19. The first-order valence-electron chi connectivity index (χ1n) is 6.36. The van der Waals surface area contributed by atoms with Gasteiger partial charge < -0.3 is 14.8 Å². The van der Waals surface area contributed by atoms with Crippen LogP contribution < -0.4 is 10.1 Å². The van der Waals surface area contributed by atoms with Crippen LogP contribution in [0.5, 0.6) is 5.88 Å². The first kappa shape index (κ1) is 13.1. The molecule has 3 heterocycles. The topological polar surface area (TPSA) is 60.5 Å². The zero-order valence-corrected chi connectivity index (χ0v) is 11.6. The van der Waals surface area contributed by atoms with Gasteiger partial charge in [-0.15, -0.1) is 11.3 Å². The number of carbonyl (C=O) groups excluding carboxylic acids is 1. The van der Waals surface area contributed by atoms with E-state index in [9.17, 15) is 4.79 Å². The number of rotatable bonds is 4. The van der Waals surface area contributed by atoms with E-state index in [1.807, 2.05) is 11.4 Å². The van der Waals surface area contributed by atoms with E-state index in [2.05, 4.69) is 10.3 Å². The summed E-state index contributed by atoms with van der Waals surface area (Å²) in [6.45, 7) is 1.31. The van der Waals surface area contributed by atoms with Crippen LogP contribution >= 0.6 is 11.3 Å². The van der Waals surface area contributed by atoms with Crippen molar-refractivity contribution in [1.29, 1.82) is 0 Å². The molecule has 1 unspecified atom stereocenters. The lowest BCUT2D eigenvalue weighted by Gasteiger charge is -2.11. The number of amides is 1. The summed E-state index contributed by atoms with van der Waals surface area (Å²) in [4.78, 5) is 16.8. The average molecular weight is 290 g/mol. The molecule has 2 aromatic heterocycles. The molecule has 1 atom stereocenters. The van der Waals surface area contributed by atoms with E-state index in [1.165, 1.54) is 11.3 Å². The predicted molar refractivity (Wildman–Crippen MR) is 76.4 cm³/mol. The fourth-order valence-electron chi connectivity index (χ4n) is 1.93. The normalized spacial score (nSPS) is 17.9. The standard InChI is InChI=1S/C14H14N2O3S/c17-14(12-2-1-7-20-12)16-10-3-5-15-13(8-10)19-11-4-6-18-9-11/h1-3,5,7-8,11H,4,6,9H2,(H,15,16,17). The Hall–Kier alpha value is -1.92. The van der Waals surface area contributed by atoms with Gasteiger partial charge in [0.1, 0.15) is 6.10 Å². The molecule has 5 nitrogen and oxygen atoms in total. The SMILES string of the molecule is O=C(Nc1ccnc(OC2CCOC2)c1)c1cccs1. The second-order valence-corrected chi connectivity index (χ2v) is 5.37. The minimum Gasteiger partial charge on any atom is -0.472 e. The summed E-state index contributed by atoms with van der Waals surface area (Å²) in [5.74, 6) is 0.380. The van der Waals surface area contributed by atoms with Crippen molar-refractivity contribution in [3.63, 3.8) is 0 Å². The lowest BCUT2D eigenvalue weighted by atomic mass is 10.3. The second kappa shape index (κ2) is 6.02. The summed E-state index contributed by atoms with van der Waals surface area (Å²) < 4.78 is 11.0. The third-order valence-corrected chi connectivity index (χ3v) is 3.78. The molecule has 3 rings (SSSR count). The number of hydrogen-bond acceptors (Lipinski definition) is 5. The van der Waals surface area contributed by atoms with E-state index in [-0.39, 0.29) is 12.0 Å². The molecule has 20 heavy (non-hydrogen) atoms. The molecule has 0 bridgehead atoms. The largest absolute Gasteiger partial charge is 0.472 e. The Bertz CT molecular complexity index is 580. The molecule has 1 amide bonds. The Labute approximate surface area is 120 Å². The van der Waals surface area contributed by atoms with Crippen molar-refractivity contribution in [2.24, 2.45) is 0 Å². The van der Waals surface area contributed by atoms with Gasteiger partial charge in [-0.1, -0.05) is 6.07 Å². The summed E-state index contributed by atoms with van der Waals surface area (Å²) in [5, 5.41) is 4.70. The van der Waals surface area contributed by atoms with E-state index in [0.717, 1.165) is 13.0 Å². The lowest BCUT2D eigenvalue weighted by Crippen LogP contribution is -2.17. The Morgan fingerprint density at radius 2 is 2.45 bits per heavy atom. The molecule has 0 aromatic carbocycles. The monoisotopic (exact) mass is 290 g/mol. The molecular formula is C14H14N2O3S. The first-order valence-corrected chi connectivity index (χ1v) is 7.24. The maximum absolute atomic E-state index is 11.9. The number of thiophene rings is 1. The number of nitrogens with one attached hydrogen (secondary N) is 1. The van der Waals surface area contributed by atoms with Gasteiger partial charge in [0.15, 0.2) is 0 Å². The molecule has 6 heteroatoms. The van der Waals surface area contributed by atoms with Crippen molar-refractivity contribution in [2.75, 3.05) is 18.5 Å². The van der Waals surface area contributed by atoms with E-state index in [0.29, 0.717) is 23.1 Å². The molecule has 0 saturated carbocycles. The fourth-order valence-corrected chi connectivity index (χ4v) is 2.55. The molecule has 1 aliphatic rings. The maximum Gasteiger partial charge on any atom is 0.265 e. The minimum absolute atomic E-state index is 0.0470. The molecule has 1 saturated heterocycles. The molecule has 1 N–H and O–H groups in total. The van der Waals surface area contributed by atoms with Crippen molar-refractivity contribution in [2.45, 2.75) is 12.5 Å². The first-order chi connectivity index (χ1) is 9.81. The maximum atomic E-state index is 11.9. The van der Waals surface area contributed by atoms with Crippen LogP contribution in [0.1, 0.15) is 16.1 Å². The zero-order valence-electron chi connectivity index (χ0n) is 10.7. The van der Waals surface area contributed by atoms with Crippen LogP contribution in [-0.4, -0.2) is 30.2 Å². The van der Waals surface area contributed by atoms with Gasteiger partial charge in [-0.2, -0.15) is 0 Å². The highest BCUT2D eigenvalue weighted by atomic mass is 32.1. The van der Waals surface area contributed by atoms with Gasteiger partial charge in [0, 0.05) is 24.4 Å². The highest BCUT2D eigenvalue weighted by molar-refractivity contribution is 7.12. The number of anilines is 1. The van der Waals surface area contributed by atoms with Crippen LogP contribution in [0.4, 0.5) is 5.69 Å². The van der Waals surface area contributed by atoms with Crippen molar-refractivity contribution < 1.29 is 14.3 Å². The van der Waals surface area contributed by atoms with Gasteiger partial charge in [0.2, 0.25) is 5.88 Å². The van der Waals surface area contributed by atoms with Crippen molar-refractivity contribution in [3.8, 4) is 5.88 Å². The molecule has 0 aliphatic carbocycles. The zero-order chi connectivity index (χ0) is 13.8. The third-order valence-electron chi connectivity index (χ3n) is 2.91.